The van der Waals surface area contributed by atoms with Crippen LogP contribution in [0.25, 0.3) is 0 Å². The second kappa shape index (κ2) is 10.6. The van der Waals surface area contributed by atoms with Crippen LogP contribution in [0.2, 0.25) is 0 Å². The second-order valence-electron chi connectivity index (χ2n) is 7.41. The zero-order chi connectivity index (χ0) is 24.1. The summed E-state index contributed by atoms with van der Waals surface area (Å²) in [6, 6.07) is 1.26. The first-order valence-electron chi connectivity index (χ1n) is 9.36. The van der Waals surface area contributed by atoms with Crippen LogP contribution in [-0.4, -0.2) is 53.1 Å². The van der Waals surface area contributed by atoms with Crippen LogP contribution in [0.15, 0.2) is 23.4 Å². The van der Waals surface area contributed by atoms with Gasteiger partial charge in [-0.2, -0.15) is 15.0 Å². The van der Waals surface area contributed by atoms with Crippen LogP contribution in [0.3, 0.4) is 0 Å². The van der Waals surface area contributed by atoms with Gasteiger partial charge in [0, 0.05) is 6.07 Å². The second-order valence-corrected chi connectivity index (χ2v) is 10.1. The average molecular weight is 498 g/mol. The molecule has 1 aromatic carbocycles. The normalized spacial score (nSPS) is 13.3. The molecule has 14 heteroatoms. The Hall–Kier alpha value is -2.19. The molecule has 1 heterocycles. The predicted octanol–water partition coefficient (Wildman–Crippen LogP) is 3.22. The van der Waals surface area contributed by atoms with Crippen LogP contribution in [0.1, 0.15) is 25.8 Å². The molecule has 0 aliphatic rings. The van der Waals surface area contributed by atoms with E-state index in [4.69, 9.17) is 0 Å². The zero-order valence-electron chi connectivity index (χ0n) is 17.4. The predicted molar refractivity (Wildman–Crippen MR) is 113 cm³/mol. The highest BCUT2D eigenvalue weighted by Crippen LogP contribution is 2.35. The third-order valence-corrected chi connectivity index (χ3v) is 5.41. The standard InChI is InChI=1S/C18H23F4N5O3S2/c1-10(2)6-12(8-28)23-15-24-16(27-32(3,29)30)26-17(25-15)31-9-18(21,22)13-5-4-11(19)7-14(13)20/h4-5,7,10,12,28H,6,8-9H2,1-3H3,(H2,23,24,25,26,27)/t12-/m1/s1. The molecule has 1 atom stereocenters. The van der Waals surface area contributed by atoms with Crippen LogP contribution >= 0.6 is 11.8 Å². The van der Waals surface area contributed by atoms with Crippen LogP contribution in [0.5, 0.6) is 0 Å². The maximum atomic E-state index is 14.5. The number of thioether (sulfide) groups is 1. The van der Waals surface area contributed by atoms with E-state index in [1.165, 1.54) is 0 Å². The Morgan fingerprint density at radius 2 is 1.81 bits per heavy atom. The van der Waals surface area contributed by atoms with E-state index in [2.05, 4.69) is 20.3 Å². The van der Waals surface area contributed by atoms with E-state index in [1.807, 2.05) is 18.6 Å². The third kappa shape index (κ3) is 8.06. The molecule has 0 aliphatic carbocycles. The van der Waals surface area contributed by atoms with Crippen LogP contribution in [0, 0.1) is 17.6 Å². The van der Waals surface area contributed by atoms with Gasteiger partial charge in [0.05, 0.1) is 30.2 Å². The summed E-state index contributed by atoms with van der Waals surface area (Å²) in [5.74, 6) is -7.43. The first-order valence-corrected chi connectivity index (χ1v) is 12.2. The molecule has 0 saturated carbocycles. The number of halogens is 4. The monoisotopic (exact) mass is 497 g/mol. The van der Waals surface area contributed by atoms with Crippen molar-refractivity contribution in [2.45, 2.75) is 37.4 Å². The minimum Gasteiger partial charge on any atom is -0.394 e. The average Bonchev–Trinajstić information content (AvgIpc) is 2.63. The Morgan fingerprint density at radius 1 is 1.16 bits per heavy atom. The Morgan fingerprint density at radius 3 is 2.38 bits per heavy atom. The minimum atomic E-state index is -3.78. The summed E-state index contributed by atoms with van der Waals surface area (Å²) in [4.78, 5) is 11.7. The lowest BCUT2D eigenvalue weighted by atomic mass is 10.0. The molecule has 0 unspecified atom stereocenters. The summed E-state index contributed by atoms with van der Waals surface area (Å²) in [5, 5.41) is 12.1. The topological polar surface area (TPSA) is 117 Å². The van der Waals surface area contributed by atoms with Gasteiger partial charge >= 0.3 is 0 Å². The number of hydrogen-bond acceptors (Lipinski definition) is 8. The molecule has 1 aromatic heterocycles. The molecule has 8 nitrogen and oxygen atoms in total. The number of sulfonamides is 1. The van der Waals surface area contributed by atoms with Crippen molar-refractivity contribution in [1.82, 2.24) is 15.0 Å². The number of benzene rings is 1. The molecule has 0 amide bonds. The summed E-state index contributed by atoms with van der Waals surface area (Å²) >= 11 is 0.428. The van der Waals surface area contributed by atoms with Gasteiger partial charge in [-0.3, -0.25) is 4.72 Å². The van der Waals surface area contributed by atoms with Gasteiger partial charge in [0.2, 0.25) is 21.9 Å². The maximum absolute atomic E-state index is 14.5. The van der Waals surface area contributed by atoms with Gasteiger partial charge < -0.3 is 10.4 Å². The number of nitrogens with zero attached hydrogens (tertiary/aromatic N) is 3. The lowest BCUT2D eigenvalue weighted by Gasteiger charge is -2.19. The number of hydrogen-bond donors (Lipinski definition) is 3. The van der Waals surface area contributed by atoms with Gasteiger partial charge in [-0.05, 0) is 24.5 Å². The van der Waals surface area contributed by atoms with Crippen molar-refractivity contribution in [2.75, 3.05) is 28.7 Å². The van der Waals surface area contributed by atoms with Crippen molar-refractivity contribution in [2.24, 2.45) is 5.92 Å². The number of aliphatic hydroxyl groups is 1. The van der Waals surface area contributed by atoms with Crippen molar-refractivity contribution in [3.05, 3.63) is 35.4 Å². The Bertz CT molecular complexity index is 1040. The number of alkyl halides is 2. The van der Waals surface area contributed by atoms with Gasteiger partial charge in [-0.15, -0.1) is 0 Å². The van der Waals surface area contributed by atoms with Gasteiger partial charge in [0.1, 0.15) is 11.6 Å². The third-order valence-electron chi connectivity index (χ3n) is 3.91. The highest BCUT2D eigenvalue weighted by molar-refractivity contribution is 7.99. The van der Waals surface area contributed by atoms with Crippen LogP contribution < -0.4 is 10.0 Å². The lowest BCUT2D eigenvalue weighted by Crippen LogP contribution is -2.27. The number of aromatic nitrogens is 3. The largest absolute Gasteiger partial charge is 0.394 e. The molecule has 178 valence electrons. The van der Waals surface area contributed by atoms with Crippen molar-refractivity contribution in [3.8, 4) is 0 Å². The van der Waals surface area contributed by atoms with Gasteiger partial charge in [0.25, 0.3) is 5.92 Å². The van der Waals surface area contributed by atoms with Gasteiger partial charge in [-0.25, -0.2) is 26.0 Å². The Kier molecular flexibility index (Phi) is 8.65. The van der Waals surface area contributed by atoms with E-state index in [0.29, 0.717) is 30.3 Å². The van der Waals surface area contributed by atoms with E-state index < -0.39 is 50.9 Å². The number of anilines is 2. The van der Waals surface area contributed by atoms with Gasteiger partial charge in [-0.1, -0.05) is 25.6 Å². The van der Waals surface area contributed by atoms with E-state index in [1.54, 1.807) is 0 Å². The van der Waals surface area contributed by atoms with E-state index in [9.17, 15) is 31.1 Å². The fourth-order valence-corrected chi connectivity index (χ4v) is 3.84. The fourth-order valence-electron chi connectivity index (χ4n) is 2.65. The molecule has 3 N–H and O–H groups in total. The molecular weight excluding hydrogens is 474 g/mol. The lowest BCUT2D eigenvalue weighted by molar-refractivity contribution is 0.0192. The number of aliphatic hydroxyl groups excluding tert-OH is 1. The molecule has 0 saturated heterocycles. The quantitative estimate of drug-likeness (QED) is 0.320. The summed E-state index contributed by atoms with van der Waals surface area (Å²) in [6.07, 6.45) is 1.39. The van der Waals surface area contributed by atoms with E-state index >= 15 is 0 Å². The molecule has 32 heavy (non-hydrogen) atoms. The fraction of sp³-hybridized carbons (Fsp3) is 0.500. The maximum Gasteiger partial charge on any atom is 0.285 e. The summed E-state index contributed by atoms with van der Waals surface area (Å²) in [7, 11) is -3.78. The minimum absolute atomic E-state index is 0.135. The van der Waals surface area contributed by atoms with Crippen molar-refractivity contribution in [3.63, 3.8) is 0 Å². The summed E-state index contributed by atoms with van der Waals surface area (Å²) in [6.45, 7) is 3.57. The Labute approximate surface area is 187 Å². The molecule has 2 aromatic rings. The van der Waals surface area contributed by atoms with Crippen molar-refractivity contribution in [1.29, 1.82) is 0 Å². The molecule has 2 rings (SSSR count). The SMILES string of the molecule is CC(C)C[C@H](CO)Nc1nc(NS(C)(=O)=O)nc(SCC(F)(F)c2ccc(F)cc2F)n1. The van der Waals surface area contributed by atoms with Crippen molar-refractivity contribution < 1.29 is 31.1 Å². The first-order chi connectivity index (χ1) is 14.8. The molecule has 0 radical (unpaired) electrons. The smallest absolute Gasteiger partial charge is 0.285 e. The molecular formula is C18H23F4N5O3S2. The van der Waals surface area contributed by atoms with Crippen LogP contribution in [-0.2, 0) is 15.9 Å². The summed E-state index contributed by atoms with van der Waals surface area (Å²) in [5.41, 5.74) is -0.995. The highest BCUT2D eigenvalue weighted by atomic mass is 32.2. The number of nitrogens with one attached hydrogen (secondary N) is 2. The number of rotatable bonds is 11. The van der Waals surface area contributed by atoms with Gasteiger partial charge in [0.15, 0.2) is 5.16 Å². The first kappa shape index (κ1) is 26.1. The molecule has 0 bridgehead atoms. The molecule has 0 aliphatic heterocycles. The van der Waals surface area contributed by atoms with Crippen LogP contribution in [0.4, 0.5) is 29.5 Å². The highest BCUT2D eigenvalue weighted by Gasteiger charge is 2.35. The van der Waals surface area contributed by atoms with E-state index in [-0.39, 0.29) is 23.6 Å². The van der Waals surface area contributed by atoms with Crippen molar-refractivity contribution >= 4 is 33.7 Å². The molecule has 0 fully saturated rings. The zero-order valence-corrected chi connectivity index (χ0v) is 19.1. The molecule has 0 spiro atoms. The van der Waals surface area contributed by atoms with E-state index in [0.717, 1.165) is 12.3 Å². The summed E-state index contributed by atoms with van der Waals surface area (Å²) < 4.78 is 80.9. The Balaban J connectivity index is 2.29.